The summed E-state index contributed by atoms with van der Waals surface area (Å²) in [7, 11) is -0.897. The van der Waals surface area contributed by atoms with Crippen LogP contribution in [0.15, 0.2) is 18.5 Å². The van der Waals surface area contributed by atoms with E-state index in [1.165, 1.54) is 0 Å². The van der Waals surface area contributed by atoms with E-state index in [2.05, 4.69) is 9.97 Å². The monoisotopic (exact) mass is 283 g/mol. The molecule has 0 unspecified atom stereocenters. The number of carbonyl (C=O) groups excluding carboxylic acids is 1. The maximum absolute atomic E-state index is 10.8. The Morgan fingerprint density at radius 3 is 3.05 bits per heavy atom. The van der Waals surface area contributed by atoms with Crippen LogP contribution in [0.4, 0.5) is 0 Å². The summed E-state index contributed by atoms with van der Waals surface area (Å²) in [5.41, 5.74) is 2.45. The minimum Gasteiger partial charge on any atom is -0.423 e. The molecule has 5 rings (SSSR count). The molecule has 1 saturated heterocycles. The molecule has 2 aliphatic heterocycles. The molecule has 3 aliphatic rings. The molecule has 1 saturated carbocycles. The number of pyridine rings is 1. The van der Waals surface area contributed by atoms with Gasteiger partial charge in [-0.25, -0.2) is 4.98 Å². The van der Waals surface area contributed by atoms with Crippen molar-refractivity contribution in [2.45, 2.75) is 18.4 Å². The van der Waals surface area contributed by atoms with Gasteiger partial charge in [0.05, 0.1) is 5.60 Å². The number of nitrogens with zero attached hydrogens (tertiary/aromatic N) is 2. The number of fused-ring (bicyclic) bond motifs is 4. The number of H-pyrrole nitrogens is 1. The zero-order chi connectivity index (χ0) is 14.2. The lowest BCUT2D eigenvalue weighted by Gasteiger charge is -2.62. The third-order valence-electron chi connectivity index (χ3n) is 5.22. The van der Waals surface area contributed by atoms with E-state index in [0.29, 0.717) is 0 Å². The lowest BCUT2D eigenvalue weighted by atomic mass is 9.53. The third kappa shape index (κ3) is 1.31. The van der Waals surface area contributed by atoms with Crippen LogP contribution in [0, 0.1) is 5.41 Å². The molecule has 1 amide bonds. The highest BCUT2D eigenvalue weighted by Gasteiger charge is 2.65. The van der Waals surface area contributed by atoms with Gasteiger partial charge in [-0.05, 0) is 24.5 Å². The maximum atomic E-state index is 10.8. The number of aromatic nitrogens is 2. The van der Waals surface area contributed by atoms with Gasteiger partial charge in [-0.3, -0.25) is 4.79 Å². The number of likely N-dealkylation sites (tertiary alicyclic amines) is 1. The fraction of sp³-hybridized carbons (Fsp3) is 0.429. The summed E-state index contributed by atoms with van der Waals surface area (Å²) in [6, 6.07) is 1.99. The van der Waals surface area contributed by atoms with Crippen LogP contribution < -0.4 is 5.46 Å². The normalized spacial score (nSPS) is 24.2. The van der Waals surface area contributed by atoms with Crippen molar-refractivity contribution < 1.29 is 14.5 Å². The summed E-state index contributed by atoms with van der Waals surface area (Å²) in [6.45, 7) is 1.60. The molecule has 2 fully saturated rings. The Balaban J connectivity index is 1.58. The van der Waals surface area contributed by atoms with Gasteiger partial charge in [0.2, 0.25) is 6.41 Å². The molecule has 0 bridgehead atoms. The van der Waals surface area contributed by atoms with E-state index in [1.54, 1.807) is 11.1 Å². The van der Waals surface area contributed by atoms with Crippen LogP contribution >= 0.6 is 0 Å². The predicted molar refractivity (Wildman–Crippen MR) is 75.8 cm³/mol. The van der Waals surface area contributed by atoms with Crippen molar-refractivity contribution in [2.24, 2.45) is 5.41 Å². The largest absolute Gasteiger partial charge is 0.493 e. The van der Waals surface area contributed by atoms with E-state index in [0.717, 1.165) is 54.4 Å². The van der Waals surface area contributed by atoms with E-state index < -0.39 is 12.7 Å². The van der Waals surface area contributed by atoms with Crippen LogP contribution in [0.3, 0.4) is 0 Å². The zero-order valence-electron chi connectivity index (χ0n) is 11.4. The highest BCUT2D eigenvalue weighted by atomic mass is 16.5. The smallest absolute Gasteiger partial charge is 0.423 e. The first kappa shape index (κ1) is 11.8. The van der Waals surface area contributed by atoms with Gasteiger partial charge in [-0.15, -0.1) is 0 Å². The van der Waals surface area contributed by atoms with Crippen molar-refractivity contribution in [3.05, 3.63) is 24.0 Å². The molecule has 1 aliphatic carbocycles. The molecule has 4 heterocycles. The van der Waals surface area contributed by atoms with Crippen LogP contribution in [-0.2, 0) is 15.0 Å². The van der Waals surface area contributed by atoms with Gasteiger partial charge < -0.3 is 19.6 Å². The first-order chi connectivity index (χ1) is 10.1. The number of nitrogens with one attached hydrogen (secondary N) is 1. The van der Waals surface area contributed by atoms with E-state index in [-0.39, 0.29) is 5.41 Å². The molecule has 6 nitrogen and oxygen atoms in total. The SMILES string of the molecule is O=CN1CC2(C1)CC1(C2)OB(O)c2cnc3[nH]ccc3c21. The Morgan fingerprint density at radius 2 is 2.29 bits per heavy atom. The summed E-state index contributed by atoms with van der Waals surface area (Å²) in [5.74, 6) is 0. The Labute approximate surface area is 121 Å². The van der Waals surface area contributed by atoms with E-state index in [9.17, 15) is 9.82 Å². The van der Waals surface area contributed by atoms with Crippen LogP contribution in [0.25, 0.3) is 11.0 Å². The molecule has 106 valence electrons. The summed E-state index contributed by atoms with van der Waals surface area (Å²) < 4.78 is 5.93. The van der Waals surface area contributed by atoms with E-state index in [1.807, 2.05) is 12.3 Å². The molecule has 0 radical (unpaired) electrons. The van der Waals surface area contributed by atoms with Gasteiger partial charge in [-0.2, -0.15) is 0 Å². The number of amides is 1. The van der Waals surface area contributed by atoms with E-state index >= 15 is 0 Å². The van der Waals surface area contributed by atoms with Crippen molar-refractivity contribution in [1.82, 2.24) is 14.9 Å². The molecule has 2 aromatic rings. The second kappa shape index (κ2) is 3.48. The molecular formula is C14H14BN3O3. The van der Waals surface area contributed by atoms with Crippen molar-refractivity contribution in [1.29, 1.82) is 0 Å². The first-order valence-electron chi connectivity index (χ1n) is 7.17. The van der Waals surface area contributed by atoms with Crippen LogP contribution in [0.2, 0.25) is 0 Å². The minimum absolute atomic E-state index is 0.175. The molecule has 2 N–H and O–H groups in total. The number of aromatic amines is 1. The average Bonchev–Trinajstić information content (AvgIpc) is 2.96. The second-order valence-electron chi connectivity index (χ2n) is 6.66. The van der Waals surface area contributed by atoms with Gasteiger partial charge in [-0.1, -0.05) is 0 Å². The summed E-state index contributed by atoms with van der Waals surface area (Å²) in [5, 5.41) is 11.2. The Bertz CT molecular complexity index is 760. The Morgan fingerprint density at radius 1 is 1.48 bits per heavy atom. The van der Waals surface area contributed by atoms with Crippen molar-refractivity contribution in [3.8, 4) is 0 Å². The molecular weight excluding hydrogens is 269 g/mol. The van der Waals surface area contributed by atoms with Crippen LogP contribution in [0.1, 0.15) is 18.4 Å². The molecule has 0 atom stereocenters. The average molecular weight is 283 g/mol. The van der Waals surface area contributed by atoms with Gasteiger partial charge in [0.15, 0.2) is 0 Å². The quantitative estimate of drug-likeness (QED) is 0.558. The van der Waals surface area contributed by atoms with Gasteiger partial charge in [0.1, 0.15) is 5.65 Å². The topological polar surface area (TPSA) is 78.5 Å². The van der Waals surface area contributed by atoms with Gasteiger partial charge >= 0.3 is 7.12 Å². The highest BCUT2D eigenvalue weighted by molar-refractivity contribution is 6.62. The Hall–Kier alpha value is -1.86. The standard InChI is InChI=1S/C14H14BN3O3/c19-8-18-6-13(7-18)4-14(5-13)11-9-1-2-16-12(9)17-3-10(11)15(20)21-14/h1-3,8,20H,4-7H2,(H,16,17). The van der Waals surface area contributed by atoms with Crippen LogP contribution in [-0.4, -0.2) is 46.5 Å². The zero-order valence-corrected chi connectivity index (χ0v) is 11.4. The predicted octanol–water partition coefficient (Wildman–Crippen LogP) is -0.272. The number of hydrogen-bond donors (Lipinski definition) is 2. The number of rotatable bonds is 1. The first-order valence-corrected chi connectivity index (χ1v) is 7.17. The lowest BCUT2D eigenvalue weighted by molar-refractivity contribution is -0.183. The molecule has 21 heavy (non-hydrogen) atoms. The van der Waals surface area contributed by atoms with Crippen molar-refractivity contribution in [3.63, 3.8) is 0 Å². The molecule has 7 heteroatoms. The van der Waals surface area contributed by atoms with Crippen molar-refractivity contribution in [2.75, 3.05) is 13.1 Å². The number of hydrogen-bond acceptors (Lipinski definition) is 4. The summed E-state index contributed by atoms with van der Waals surface area (Å²) in [4.78, 5) is 20.0. The van der Waals surface area contributed by atoms with Gasteiger partial charge in [0.25, 0.3) is 0 Å². The number of carbonyl (C=O) groups is 1. The molecule has 2 spiro atoms. The fourth-order valence-electron chi connectivity index (χ4n) is 4.59. The van der Waals surface area contributed by atoms with Gasteiger partial charge in [0, 0.05) is 41.7 Å². The van der Waals surface area contributed by atoms with E-state index in [4.69, 9.17) is 4.65 Å². The fourth-order valence-corrected chi connectivity index (χ4v) is 4.59. The highest BCUT2D eigenvalue weighted by Crippen LogP contribution is 2.62. The summed E-state index contributed by atoms with van der Waals surface area (Å²) >= 11 is 0. The summed E-state index contributed by atoms with van der Waals surface area (Å²) in [6.07, 6.45) is 6.19. The minimum atomic E-state index is -0.897. The Kier molecular flexibility index (Phi) is 1.95. The molecule has 0 aromatic carbocycles. The maximum Gasteiger partial charge on any atom is 0.493 e. The lowest BCUT2D eigenvalue weighted by Crippen LogP contribution is -2.66. The van der Waals surface area contributed by atoms with Crippen molar-refractivity contribution >= 4 is 30.0 Å². The third-order valence-corrected chi connectivity index (χ3v) is 5.22. The second-order valence-corrected chi connectivity index (χ2v) is 6.66. The van der Waals surface area contributed by atoms with Crippen LogP contribution in [0.5, 0.6) is 0 Å². The molecule has 2 aromatic heterocycles.